The van der Waals surface area contributed by atoms with E-state index in [0.29, 0.717) is 17.1 Å². The predicted octanol–water partition coefficient (Wildman–Crippen LogP) is 2.78. The molecule has 0 saturated heterocycles. The van der Waals surface area contributed by atoms with Crippen LogP contribution in [0.2, 0.25) is 0 Å². The van der Waals surface area contributed by atoms with Gasteiger partial charge in [0.05, 0.1) is 25.3 Å². The molecule has 6 nitrogen and oxygen atoms in total. The van der Waals surface area contributed by atoms with E-state index in [4.69, 9.17) is 9.47 Å². The Bertz CT molecular complexity index is 805. The molecule has 0 unspecified atom stereocenters. The molecule has 2 aromatic rings. The summed E-state index contributed by atoms with van der Waals surface area (Å²) in [5.74, 6) is 1.01. The van der Waals surface area contributed by atoms with Gasteiger partial charge < -0.3 is 9.47 Å². The number of para-hydroxylation sites is 1. The Hall–Kier alpha value is -2.06. The van der Waals surface area contributed by atoms with Crippen LogP contribution in [0.15, 0.2) is 56.9 Å². The number of hydrogen-bond acceptors (Lipinski definition) is 5. The predicted molar refractivity (Wildman–Crippen MR) is 91.6 cm³/mol. The molecule has 0 aromatic heterocycles. The zero-order valence-corrected chi connectivity index (χ0v) is 14.9. The van der Waals surface area contributed by atoms with Crippen molar-refractivity contribution >= 4 is 32.2 Å². The van der Waals surface area contributed by atoms with Crippen LogP contribution < -0.4 is 14.3 Å². The van der Waals surface area contributed by atoms with Gasteiger partial charge in [0.15, 0.2) is 11.5 Å². The standard InChI is InChI=1S/C15H15BrN2O4S/c1-21-14-5-3-4-11(15(14)22-2)10-17-18-23(19,20)13-8-6-12(16)7-9-13/h3-10,18H,1-2H3/b17-10+. The Morgan fingerprint density at radius 3 is 2.39 bits per heavy atom. The van der Waals surface area contributed by atoms with Crippen molar-refractivity contribution in [3.63, 3.8) is 0 Å². The molecule has 0 heterocycles. The molecule has 1 N–H and O–H groups in total. The molecule has 0 aliphatic carbocycles. The largest absolute Gasteiger partial charge is 0.493 e. The van der Waals surface area contributed by atoms with Gasteiger partial charge >= 0.3 is 0 Å². The van der Waals surface area contributed by atoms with Gasteiger partial charge in [-0.05, 0) is 36.4 Å². The van der Waals surface area contributed by atoms with Gasteiger partial charge in [-0.15, -0.1) is 0 Å². The van der Waals surface area contributed by atoms with E-state index in [9.17, 15) is 8.42 Å². The van der Waals surface area contributed by atoms with E-state index in [2.05, 4.69) is 25.9 Å². The third-order valence-corrected chi connectivity index (χ3v) is 4.70. The summed E-state index contributed by atoms with van der Waals surface area (Å²) in [5, 5.41) is 3.79. The monoisotopic (exact) mass is 398 g/mol. The van der Waals surface area contributed by atoms with Crippen LogP contribution in [0.25, 0.3) is 0 Å². The van der Waals surface area contributed by atoms with Crippen molar-refractivity contribution in [2.45, 2.75) is 4.90 Å². The summed E-state index contributed by atoms with van der Waals surface area (Å²) in [6, 6.07) is 11.5. The molecule has 2 aromatic carbocycles. The van der Waals surface area contributed by atoms with Gasteiger partial charge in [0.25, 0.3) is 10.0 Å². The highest BCUT2D eigenvalue weighted by Crippen LogP contribution is 2.29. The normalized spacial score (nSPS) is 11.4. The Morgan fingerprint density at radius 1 is 1.09 bits per heavy atom. The van der Waals surface area contributed by atoms with Crippen LogP contribution in [0.5, 0.6) is 11.5 Å². The van der Waals surface area contributed by atoms with Gasteiger partial charge in [-0.1, -0.05) is 22.0 Å². The lowest BCUT2D eigenvalue weighted by Crippen LogP contribution is -2.18. The molecule has 0 aliphatic rings. The van der Waals surface area contributed by atoms with Gasteiger partial charge in [-0.3, -0.25) is 0 Å². The van der Waals surface area contributed by atoms with E-state index >= 15 is 0 Å². The van der Waals surface area contributed by atoms with Crippen molar-refractivity contribution < 1.29 is 17.9 Å². The molecule has 0 radical (unpaired) electrons. The van der Waals surface area contributed by atoms with Crippen molar-refractivity contribution in [3.8, 4) is 11.5 Å². The van der Waals surface area contributed by atoms with Crippen LogP contribution >= 0.6 is 15.9 Å². The van der Waals surface area contributed by atoms with Gasteiger partial charge in [-0.2, -0.15) is 13.5 Å². The molecule has 122 valence electrons. The third-order valence-electron chi connectivity index (χ3n) is 2.93. The number of nitrogens with one attached hydrogen (secondary N) is 1. The number of benzene rings is 2. The molecule has 0 bridgehead atoms. The Morgan fingerprint density at radius 2 is 1.78 bits per heavy atom. The van der Waals surface area contributed by atoms with E-state index in [1.807, 2.05) is 0 Å². The number of methoxy groups -OCH3 is 2. The fourth-order valence-corrected chi connectivity index (χ4v) is 2.90. The maximum atomic E-state index is 12.1. The van der Waals surface area contributed by atoms with Crippen LogP contribution in [0.1, 0.15) is 5.56 Å². The Balaban J connectivity index is 2.20. The van der Waals surface area contributed by atoms with Crippen molar-refractivity contribution in [1.82, 2.24) is 4.83 Å². The molecular weight excluding hydrogens is 384 g/mol. The average molecular weight is 399 g/mol. The van der Waals surface area contributed by atoms with Crippen LogP contribution in [-0.2, 0) is 10.0 Å². The summed E-state index contributed by atoms with van der Waals surface area (Å²) in [5.41, 5.74) is 0.588. The maximum absolute atomic E-state index is 12.1. The van der Waals surface area contributed by atoms with Crippen LogP contribution in [-0.4, -0.2) is 28.9 Å². The summed E-state index contributed by atoms with van der Waals surface area (Å²) in [4.78, 5) is 2.28. The van der Waals surface area contributed by atoms with Crippen LogP contribution in [0.3, 0.4) is 0 Å². The highest BCUT2D eigenvalue weighted by atomic mass is 79.9. The first-order chi connectivity index (χ1) is 11.0. The maximum Gasteiger partial charge on any atom is 0.276 e. The first kappa shape index (κ1) is 17.3. The van der Waals surface area contributed by atoms with E-state index < -0.39 is 10.0 Å². The highest BCUT2D eigenvalue weighted by molar-refractivity contribution is 9.10. The Kier molecular flexibility index (Phi) is 5.62. The summed E-state index contributed by atoms with van der Waals surface area (Å²) < 4.78 is 35.4. The summed E-state index contributed by atoms with van der Waals surface area (Å²) in [6.07, 6.45) is 1.36. The second-order valence-electron chi connectivity index (χ2n) is 4.39. The first-order valence-electron chi connectivity index (χ1n) is 6.49. The van der Waals surface area contributed by atoms with Gasteiger partial charge in [0.2, 0.25) is 0 Å². The molecule has 0 saturated carbocycles. The second-order valence-corrected chi connectivity index (χ2v) is 6.97. The molecule has 0 aliphatic heterocycles. The molecule has 8 heteroatoms. The van der Waals surface area contributed by atoms with Crippen LogP contribution in [0.4, 0.5) is 0 Å². The van der Waals surface area contributed by atoms with Crippen LogP contribution in [0, 0.1) is 0 Å². The third kappa shape index (κ3) is 4.23. The lowest BCUT2D eigenvalue weighted by molar-refractivity contribution is 0.354. The van der Waals surface area contributed by atoms with Crippen molar-refractivity contribution in [1.29, 1.82) is 0 Å². The zero-order valence-electron chi connectivity index (χ0n) is 12.5. The summed E-state index contributed by atoms with van der Waals surface area (Å²) >= 11 is 3.25. The smallest absolute Gasteiger partial charge is 0.276 e. The zero-order chi connectivity index (χ0) is 16.9. The van der Waals surface area contributed by atoms with E-state index in [0.717, 1.165) is 4.47 Å². The SMILES string of the molecule is COc1cccc(/C=N/NS(=O)(=O)c2ccc(Br)cc2)c1OC. The number of nitrogens with zero attached hydrogens (tertiary/aromatic N) is 1. The minimum Gasteiger partial charge on any atom is -0.493 e. The number of sulfonamides is 1. The molecule has 23 heavy (non-hydrogen) atoms. The average Bonchev–Trinajstić information content (AvgIpc) is 2.54. The number of ether oxygens (including phenoxy) is 2. The molecule has 0 fully saturated rings. The number of halogens is 1. The van der Waals surface area contributed by atoms with Gasteiger partial charge in [0.1, 0.15) is 0 Å². The quantitative estimate of drug-likeness (QED) is 0.599. The summed E-state index contributed by atoms with van der Waals surface area (Å²) in [6.45, 7) is 0. The van der Waals surface area contributed by atoms with Crippen molar-refractivity contribution in [2.75, 3.05) is 14.2 Å². The van der Waals surface area contributed by atoms with E-state index in [1.165, 1.54) is 32.6 Å². The fraction of sp³-hybridized carbons (Fsp3) is 0.133. The molecule has 0 amide bonds. The summed E-state index contributed by atoms with van der Waals surface area (Å²) in [7, 11) is -0.699. The first-order valence-corrected chi connectivity index (χ1v) is 8.77. The molecule has 0 spiro atoms. The van der Waals surface area contributed by atoms with Crippen molar-refractivity contribution in [3.05, 3.63) is 52.5 Å². The minimum atomic E-state index is -3.72. The fourth-order valence-electron chi connectivity index (χ4n) is 1.85. The topological polar surface area (TPSA) is 77.0 Å². The lowest BCUT2D eigenvalue weighted by Gasteiger charge is -2.09. The molecule has 0 atom stereocenters. The number of hydrogen-bond donors (Lipinski definition) is 1. The number of hydrazone groups is 1. The lowest BCUT2D eigenvalue weighted by atomic mass is 10.2. The molecular formula is C15H15BrN2O4S. The molecule has 2 rings (SSSR count). The Labute approximate surface area is 143 Å². The highest BCUT2D eigenvalue weighted by Gasteiger charge is 2.12. The van der Waals surface area contributed by atoms with Gasteiger partial charge in [-0.25, -0.2) is 4.83 Å². The van der Waals surface area contributed by atoms with Crippen molar-refractivity contribution in [2.24, 2.45) is 5.10 Å². The van der Waals surface area contributed by atoms with Gasteiger partial charge in [0, 0.05) is 10.0 Å². The van der Waals surface area contributed by atoms with E-state index in [1.54, 1.807) is 30.3 Å². The van der Waals surface area contributed by atoms with E-state index in [-0.39, 0.29) is 4.90 Å². The number of rotatable bonds is 6. The minimum absolute atomic E-state index is 0.121. The second kappa shape index (κ2) is 7.47.